The highest BCUT2D eigenvalue weighted by Gasteiger charge is 2.24. The molecular formula is C11H16N2O3S. The Labute approximate surface area is 103 Å². The second-order valence-electron chi connectivity index (χ2n) is 4.19. The standard InChI is InChI=1S/C11H16N2O3S/c1-8-5-10-11(14)12-6-9(13(10)7-8)3-4-16-17(2)15/h5,7,9H,3-4,6H2,1-2H3,(H,12,14). The lowest BCUT2D eigenvalue weighted by molar-refractivity contribution is 0.0909. The summed E-state index contributed by atoms with van der Waals surface area (Å²) in [6.07, 6.45) is 4.22. The molecule has 0 aromatic carbocycles. The summed E-state index contributed by atoms with van der Waals surface area (Å²) in [7, 11) is 0. The van der Waals surface area contributed by atoms with Crippen molar-refractivity contribution < 1.29 is 13.2 Å². The van der Waals surface area contributed by atoms with Gasteiger partial charge < -0.3 is 9.88 Å². The summed E-state index contributed by atoms with van der Waals surface area (Å²) in [5.41, 5.74) is 1.76. The van der Waals surface area contributed by atoms with Crippen molar-refractivity contribution in [3.05, 3.63) is 23.5 Å². The van der Waals surface area contributed by atoms with Crippen molar-refractivity contribution in [1.82, 2.24) is 9.88 Å². The maximum atomic E-state index is 11.6. The summed E-state index contributed by atoms with van der Waals surface area (Å²) in [5, 5.41) is 2.85. The molecule has 0 spiro atoms. The van der Waals surface area contributed by atoms with Crippen molar-refractivity contribution in [1.29, 1.82) is 0 Å². The molecule has 6 heteroatoms. The van der Waals surface area contributed by atoms with Gasteiger partial charge in [0.2, 0.25) is 0 Å². The van der Waals surface area contributed by atoms with Gasteiger partial charge in [-0.1, -0.05) is 0 Å². The molecule has 1 amide bonds. The van der Waals surface area contributed by atoms with E-state index < -0.39 is 11.1 Å². The largest absolute Gasteiger partial charge is 0.349 e. The number of carbonyl (C=O) groups excluding carboxylic acids is 1. The van der Waals surface area contributed by atoms with E-state index >= 15 is 0 Å². The molecule has 2 heterocycles. The smallest absolute Gasteiger partial charge is 0.267 e. The van der Waals surface area contributed by atoms with E-state index in [9.17, 15) is 9.00 Å². The van der Waals surface area contributed by atoms with Gasteiger partial charge in [-0.2, -0.15) is 0 Å². The number of rotatable bonds is 4. The SMILES string of the molecule is Cc1cc2n(c1)C(CCOS(C)=O)CNC2=O. The minimum Gasteiger partial charge on any atom is -0.349 e. The molecular weight excluding hydrogens is 240 g/mol. The molecule has 1 aromatic rings. The molecule has 0 fully saturated rings. The van der Waals surface area contributed by atoms with E-state index in [2.05, 4.69) is 5.32 Å². The van der Waals surface area contributed by atoms with Gasteiger partial charge in [-0.15, -0.1) is 0 Å². The van der Waals surface area contributed by atoms with Gasteiger partial charge in [0.05, 0.1) is 12.6 Å². The van der Waals surface area contributed by atoms with Crippen molar-refractivity contribution in [2.24, 2.45) is 0 Å². The van der Waals surface area contributed by atoms with Gasteiger partial charge in [0.1, 0.15) is 5.69 Å². The third kappa shape index (κ3) is 2.76. The highest BCUT2D eigenvalue weighted by molar-refractivity contribution is 7.79. The van der Waals surface area contributed by atoms with Crippen LogP contribution in [-0.2, 0) is 15.3 Å². The van der Waals surface area contributed by atoms with Crippen LogP contribution in [0.3, 0.4) is 0 Å². The topological polar surface area (TPSA) is 60.3 Å². The molecule has 5 nitrogen and oxygen atoms in total. The van der Waals surface area contributed by atoms with Crippen LogP contribution in [0, 0.1) is 6.92 Å². The van der Waals surface area contributed by atoms with E-state index in [1.54, 1.807) is 0 Å². The van der Waals surface area contributed by atoms with Gasteiger partial charge in [0.15, 0.2) is 11.1 Å². The van der Waals surface area contributed by atoms with Crippen LogP contribution < -0.4 is 5.32 Å². The average molecular weight is 256 g/mol. The minimum absolute atomic E-state index is 0.0330. The number of nitrogens with zero attached hydrogens (tertiary/aromatic N) is 1. The third-order valence-electron chi connectivity index (χ3n) is 2.81. The van der Waals surface area contributed by atoms with Crippen LogP contribution >= 0.6 is 0 Å². The number of fused-ring (bicyclic) bond motifs is 1. The number of hydrogen-bond donors (Lipinski definition) is 1. The lowest BCUT2D eigenvalue weighted by atomic mass is 10.1. The summed E-state index contributed by atoms with van der Waals surface area (Å²) >= 11 is -1.23. The van der Waals surface area contributed by atoms with E-state index in [0.717, 1.165) is 12.0 Å². The van der Waals surface area contributed by atoms with Crippen LogP contribution in [0.1, 0.15) is 28.5 Å². The second-order valence-corrected chi connectivity index (χ2v) is 5.22. The van der Waals surface area contributed by atoms with Gasteiger partial charge >= 0.3 is 0 Å². The first-order valence-electron chi connectivity index (χ1n) is 5.51. The quantitative estimate of drug-likeness (QED) is 0.866. The number of amides is 1. The summed E-state index contributed by atoms with van der Waals surface area (Å²) in [5.74, 6) is -0.0330. The number of nitrogens with one attached hydrogen (secondary N) is 1. The van der Waals surface area contributed by atoms with Gasteiger partial charge in [0.25, 0.3) is 5.91 Å². The normalized spacial score (nSPS) is 20.8. The second kappa shape index (κ2) is 5.01. The first-order valence-corrected chi connectivity index (χ1v) is 6.99. The molecule has 0 aliphatic carbocycles. The Hall–Kier alpha value is -1.14. The minimum atomic E-state index is -1.23. The zero-order chi connectivity index (χ0) is 12.4. The Morgan fingerprint density at radius 3 is 3.12 bits per heavy atom. The number of aromatic nitrogens is 1. The van der Waals surface area contributed by atoms with Gasteiger partial charge in [-0.25, -0.2) is 4.21 Å². The van der Waals surface area contributed by atoms with Crippen molar-refractivity contribution in [2.75, 3.05) is 19.4 Å². The molecule has 0 bridgehead atoms. The summed E-state index contributed by atoms with van der Waals surface area (Å²) < 4.78 is 17.8. The zero-order valence-electron chi connectivity index (χ0n) is 9.93. The highest BCUT2D eigenvalue weighted by Crippen LogP contribution is 2.21. The van der Waals surface area contributed by atoms with Gasteiger partial charge in [-0.3, -0.25) is 8.98 Å². The molecule has 2 atom stereocenters. The van der Waals surface area contributed by atoms with Crippen molar-refractivity contribution in [3.63, 3.8) is 0 Å². The molecule has 94 valence electrons. The lowest BCUT2D eigenvalue weighted by Crippen LogP contribution is -2.38. The van der Waals surface area contributed by atoms with E-state index in [0.29, 0.717) is 18.8 Å². The van der Waals surface area contributed by atoms with Crippen LogP contribution in [-0.4, -0.2) is 34.1 Å². The lowest BCUT2D eigenvalue weighted by Gasteiger charge is -2.26. The number of hydrogen-bond acceptors (Lipinski definition) is 3. The molecule has 2 unspecified atom stereocenters. The fourth-order valence-electron chi connectivity index (χ4n) is 2.04. The van der Waals surface area contributed by atoms with E-state index in [4.69, 9.17) is 4.18 Å². The molecule has 0 radical (unpaired) electrons. The van der Waals surface area contributed by atoms with Crippen LogP contribution in [0.15, 0.2) is 12.3 Å². The fourth-order valence-corrected chi connectivity index (χ4v) is 2.37. The van der Waals surface area contributed by atoms with Gasteiger partial charge in [0, 0.05) is 19.0 Å². The molecule has 1 aromatic heterocycles. The Morgan fingerprint density at radius 1 is 1.65 bits per heavy atom. The Kier molecular flexibility index (Phi) is 3.63. The third-order valence-corrected chi connectivity index (χ3v) is 3.31. The number of aryl methyl sites for hydroxylation is 1. The van der Waals surface area contributed by atoms with Crippen molar-refractivity contribution in [2.45, 2.75) is 19.4 Å². The maximum Gasteiger partial charge on any atom is 0.267 e. The number of carbonyl (C=O) groups is 1. The van der Waals surface area contributed by atoms with E-state index in [-0.39, 0.29) is 11.9 Å². The van der Waals surface area contributed by atoms with Gasteiger partial charge in [-0.05, 0) is 25.0 Å². The van der Waals surface area contributed by atoms with E-state index in [1.165, 1.54) is 6.26 Å². The summed E-state index contributed by atoms with van der Waals surface area (Å²) in [4.78, 5) is 11.6. The van der Waals surface area contributed by atoms with Crippen LogP contribution in [0.2, 0.25) is 0 Å². The molecule has 1 aliphatic heterocycles. The summed E-state index contributed by atoms with van der Waals surface area (Å²) in [6, 6.07) is 2.06. The summed E-state index contributed by atoms with van der Waals surface area (Å²) in [6.45, 7) is 2.99. The molecule has 1 aliphatic rings. The first kappa shape index (κ1) is 12.3. The molecule has 17 heavy (non-hydrogen) atoms. The maximum absolute atomic E-state index is 11.6. The molecule has 0 saturated heterocycles. The predicted octanol–water partition coefficient (Wildman–Crippen LogP) is 0.781. The van der Waals surface area contributed by atoms with Crippen molar-refractivity contribution in [3.8, 4) is 0 Å². The van der Waals surface area contributed by atoms with Crippen LogP contribution in [0.25, 0.3) is 0 Å². The van der Waals surface area contributed by atoms with Crippen LogP contribution in [0.5, 0.6) is 0 Å². The fraction of sp³-hybridized carbons (Fsp3) is 0.545. The highest BCUT2D eigenvalue weighted by atomic mass is 32.2. The predicted molar refractivity (Wildman–Crippen MR) is 65.2 cm³/mol. The van der Waals surface area contributed by atoms with Crippen molar-refractivity contribution >= 4 is 17.0 Å². The van der Waals surface area contributed by atoms with Crippen LogP contribution in [0.4, 0.5) is 0 Å². The molecule has 1 N–H and O–H groups in total. The Morgan fingerprint density at radius 2 is 2.41 bits per heavy atom. The molecule has 2 rings (SSSR count). The monoisotopic (exact) mass is 256 g/mol. The Bertz CT molecular complexity index is 456. The zero-order valence-corrected chi connectivity index (χ0v) is 10.8. The van der Waals surface area contributed by atoms with E-state index in [1.807, 2.05) is 23.8 Å². The molecule has 0 saturated carbocycles. The average Bonchev–Trinajstić information content (AvgIpc) is 2.64. The first-order chi connectivity index (χ1) is 8.08. The Balaban J connectivity index is 2.07.